The first kappa shape index (κ1) is 12.7. The van der Waals surface area contributed by atoms with Crippen molar-refractivity contribution in [3.05, 3.63) is 23.2 Å². The van der Waals surface area contributed by atoms with Crippen molar-refractivity contribution in [3.63, 3.8) is 0 Å². The molecule has 0 aromatic heterocycles. The van der Waals surface area contributed by atoms with Crippen LogP contribution in [0.5, 0.6) is 0 Å². The minimum Gasteiger partial charge on any atom is -0.387 e. The number of hydrogen-bond donors (Lipinski definition) is 1. The Balaban J connectivity index is 2.45. The average molecular weight is 274 g/mol. The highest BCUT2D eigenvalue weighted by molar-refractivity contribution is 7.92. The van der Waals surface area contributed by atoms with E-state index in [1.807, 2.05) is 0 Å². The Morgan fingerprint density at radius 2 is 1.94 bits per heavy atom. The van der Waals surface area contributed by atoms with Crippen LogP contribution < -0.4 is 5.32 Å². The third-order valence-electron chi connectivity index (χ3n) is 3.26. The maximum atomic E-state index is 12.4. The van der Waals surface area contributed by atoms with Gasteiger partial charge in [0.05, 0.1) is 15.8 Å². The molecule has 1 N–H and O–H groups in total. The highest BCUT2D eigenvalue weighted by atomic mass is 35.5. The van der Waals surface area contributed by atoms with Gasteiger partial charge in [0, 0.05) is 12.1 Å². The Bertz CT molecular complexity index is 507. The predicted molar refractivity (Wildman–Crippen MR) is 70.4 cm³/mol. The summed E-state index contributed by atoms with van der Waals surface area (Å²) >= 11 is 5.87. The summed E-state index contributed by atoms with van der Waals surface area (Å²) in [6.07, 6.45) is 3.56. The van der Waals surface area contributed by atoms with Crippen molar-refractivity contribution in [3.8, 4) is 0 Å². The Kier molecular flexibility index (Phi) is 3.64. The van der Waals surface area contributed by atoms with Gasteiger partial charge in [0.2, 0.25) is 0 Å². The molecule has 0 atom stereocenters. The number of sulfone groups is 1. The minimum absolute atomic E-state index is 0.226. The monoisotopic (exact) mass is 273 g/mol. The quantitative estimate of drug-likeness (QED) is 0.920. The van der Waals surface area contributed by atoms with Crippen LogP contribution in [0.15, 0.2) is 23.1 Å². The van der Waals surface area contributed by atoms with Crippen LogP contribution in [0.2, 0.25) is 5.02 Å². The molecule has 0 spiro atoms. The van der Waals surface area contributed by atoms with E-state index in [1.165, 1.54) is 0 Å². The van der Waals surface area contributed by atoms with Gasteiger partial charge >= 0.3 is 0 Å². The average Bonchev–Trinajstić information content (AvgIpc) is 2.82. The van der Waals surface area contributed by atoms with E-state index in [9.17, 15) is 8.42 Å². The Morgan fingerprint density at radius 1 is 1.29 bits per heavy atom. The van der Waals surface area contributed by atoms with Gasteiger partial charge in [-0.25, -0.2) is 8.42 Å². The lowest BCUT2D eigenvalue weighted by molar-refractivity contribution is 0.580. The molecular formula is C12H16ClNO2S. The summed E-state index contributed by atoms with van der Waals surface area (Å²) in [5, 5.41) is 3.22. The normalized spacial score (nSPS) is 17.3. The zero-order valence-electron chi connectivity index (χ0n) is 9.74. The molecule has 5 heteroatoms. The van der Waals surface area contributed by atoms with Gasteiger partial charge in [-0.1, -0.05) is 24.4 Å². The molecule has 0 radical (unpaired) electrons. The summed E-state index contributed by atoms with van der Waals surface area (Å²) in [5.41, 5.74) is 0.587. The third kappa shape index (κ3) is 2.43. The molecule has 0 saturated heterocycles. The van der Waals surface area contributed by atoms with Crippen LogP contribution in [-0.2, 0) is 9.84 Å². The van der Waals surface area contributed by atoms with Crippen molar-refractivity contribution < 1.29 is 8.42 Å². The molecule has 1 saturated carbocycles. The van der Waals surface area contributed by atoms with Crippen molar-refractivity contribution in [1.82, 2.24) is 0 Å². The first-order chi connectivity index (χ1) is 8.05. The molecule has 3 nitrogen and oxygen atoms in total. The molecule has 1 aromatic rings. The number of halogens is 1. The predicted octanol–water partition coefficient (Wildman–Crippen LogP) is 3.10. The molecule has 1 aliphatic rings. The maximum absolute atomic E-state index is 12.4. The third-order valence-corrected chi connectivity index (χ3v) is 5.81. The highest BCUT2D eigenvalue weighted by Crippen LogP contribution is 2.34. The van der Waals surface area contributed by atoms with Crippen molar-refractivity contribution in [2.45, 2.75) is 35.8 Å². The number of benzene rings is 1. The highest BCUT2D eigenvalue weighted by Gasteiger charge is 2.31. The summed E-state index contributed by atoms with van der Waals surface area (Å²) < 4.78 is 24.9. The lowest BCUT2D eigenvalue weighted by Gasteiger charge is -2.15. The van der Waals surface area contributed by atoms with Gasteiger partial charge < -0.3 is 5.32 Å². The first-order valence-corrected chi connectivity index (χ1v) is 7.69. The molecule has 0 heterocycles. The van der Waals surface area contributed by atoms with Crippen molar-refractivity contribution in [2.24, 2.45) is 0 Å². The lowest BCUT2D eigenvalue weighted by Crippen LogP contribution is -2.19. The van der Waals surface area contributed by atoms with Crippen LogP contribution in [-0.4, -0.2) is 20.7 Å². The van der Waals surface area contributed by atoms with Gasteiger partial charge in [0.15, 0.2) is 9.84 Å². The molecule has 1 aliphatic carbocycles. The molecule has 0 bridgehead atoms. The van der Waals surface area contributed by atoms with Gasteiger partial charge in [0.25, 0.3) is 0 Å². The number of rotatable bonds is 3. The maximum Gasteiger partial charge on any atom is 0.183 e. The fraction of sp³-hybridized carbons (Fsp3) is 0.500. The van der Waals surface area contributed by atoms with E-state index in [2.05, 4.69) is 5.32 Å². The molecule has 0 unspecified atom stereocenters. The topological polar surface area (TPSA) is 46.2 Å². The smallest absolute Gasteiger partial charge is 0.183 e. The summed E-state index contributed by atoms with van der Waals surface area (Å²) in [6, 6.07) is 4.88. The largest absolute Gasteiger partial charge is 0.387 e. The first-order valence-electron chi connectivity index (χ1n) is 5.77. The van der Waals surface area contributed by atoms with Crippen molar-refractivity contribution in [2.75, 3.05) is 12.4 Å². The van der Waals surface area contributed by atoms with E-state index >= 15 is 0 Å². The second-order valence-corrected chi connectivity index (χ2v) is 6.97. The summed E-state index contributed by atoms with van der Waals surface area (Å²) in [7, 11) is -1.51. The fourth-order valence-corrected chi connectivity index (χ4v) is 4.53. The molecule has 0 aliphatic heterocycles. The van der Waals surface area contributed by atoms with E-state index in [0.717, 1.165) is 25.7 Å². The summed E-state index contributed by atoms with van der Waals surface area (Å²) in [5.74, 6) is 0. The number of nitrogens with one attached hydrogen (secondary N) is 1. The zero-order valence-corrected chi connectivity index (χ0v) is 11.3. The fourth-order valence-electron chi connectivity index (χ4n) is 2.32. The molecule has 1 fully saturated rings. The minimum atomic E-state index is -3.22. The molecule has 0 amide bonds. The Hall–Kier alpha value is -0.740. The van der Waals surface area contributed by atoms with E-state index in [-0.39, 0.29) is 5.25 Å². The van der Waals surface area contributed by atoms with Crippen LogP contribution in [0.25, 0.3) is 0 Å². The second-order valence-electron chi connectivity index (χ2n) is 4.34. The SMILES string of the molecule is CNc1cc(Cl)ccc1S(=O)(=O)C1CCCC1. The molecular weight excluding hydrogens is 258 g/mol. The van der Waals surface area contributed by atoms with Crippen molar-refractivity contribution in [1.29, 1.82) is 0 Å². The van der Waals surface area contributed by atoms with E-state index in [1.54, 1.807) is 25.2 Å². The van der Waals surface area contributed by atoms with Crippen LogP contribution in [0.3, 0.4) is 0 Å². The van der Waals surface area contributed by atoms with Crippen LogP contribution in [0.4, 0.5) is 5.69 Å². The summed E-state index contributed by atoms with van der Waals surface area (Å²) in [4.78, 5) is 0.372. The van der Waals surface area contributed by atoms with E-state index in [0.29, 0.717) is 15.6 Å². The van der Waals surface area contributed by atoms with Crippen LogP contribution in [0, 0.1) is 0 Å². The van der Waals surface area contributed by atoms with Gasteiger partial charge in [-0.2, -0.15) is 0 Å². The Labute approximate surface area is 107 Å². The second kappa shape index (κ2) is 4.86. The van der Waals surface area contributed by atoms with Crippen LogP contribution in [0.1, 0.15) is 25.7 Å². The zero-order chi connectivity index (χ0) is 12.5. The number of hydrogen-bond acceptors (Lipinski definition) is 3. The molecule has 1 aromatic carbocycles. The van der Waals surface area contributed by atoms with Crippen molar-refractivity contribution >= 4 is 27.1 Å². The molecule has 2 rings (SSSR count). The molecule has 94 valence electrons. The van der Waals surface area contributed by atoms with Gasteiger partial charge in [-0.15, -0.1) is 0 Å². The van der Waals surface area contributed by atoms with Gasteiger partial charge in [-0.3, -0.25) is 0 Å². The van der Waals surface area contributed by atoms with Gasteiger partial charge in [-0.05, 0) is 31.0 Å². The Morgan fingerprint density at radius 3 is 2.53 bits per heavy atom. The molecule has 17 heavy (non-hydrogen) atoms. The lowest BCUT2D eigenvalue weighted by atomic mass is 10.3. The van der Waals surface area contributed by atoms with E-state index < -0.39 is 9.84 Å². The standard InChI is InChI=1S/C12H16ClNO2S/c1-14-11-8-9(13)6-7-12(11)17(15,16)10-4-2-3-5-10/h6-8,10,14H,2-5H2,1H3. The van der Waals surface area contributed by atoms with Gasteiger partial charge in [0.1, 0.15) is 0 Å². The number of anilines is 1. The summed E-state index contributed by atoms with van der Waals surface area (Å²) in [6.45, 7) is 0. The van der Waals surface area contributed by atoms with E-state index in [4.69, 9.17) is 11.6 Å². The van der Waals surface area contributed by atoms with Crippen LogP contribution >= 0.6 is 11.6 Å².